The van der Waals surface area contributed by atoms with E-state index in [9.17, 15) is 40.3 Å². The number of amides is 2. The van der Waals surface area contributed by atoms with Crippen LogP contribution in [0.4, 0.5) is 0 Å². The number of nitrogens with zero attached hydrogens (tertiary/aromatic N) is 3. The Bertz CT molecular complexity index is 2170. The van der Waals surface area contributed by atoms with E-state index in [1.165, 1.54) is 66.8 Å². The summed E-state index contributed by atoms with van der Waals surface area (Å²) in [7, 11) is -9.22. The molecule has 7 N–H and O–H groups in total. The molecule has 0 fully saturated rings. The smallest absolute Gasteiger partial charge is 0.294 e. The number of hydrogen-bond donors (Lipinski definition) is 7. The third-order valence-corrected chi connectivity index (χ3v) is 8.96. The first kappa shape index (κ1) is 38.7. The van der Waals surface area contributed by atoms with Crippen molar-refractivity contribution in [2.45, 2.75) is 29.5 Å². The van der Waals surface area contributed by atoms with Gasteiger partial charge in [-0.3, -0.25) is 33.4 Å². The molecule has 51 heavy (non-hydrogen) atoms. The van der Waals surface area contributed by atoms with Crippen LogP contribution in [0.5, 0.6) is 0 Å². The molecule has 20 heteroatoms. The van der Waals surface area contributed by atoms with Gasteiger partial charge in [-0.15, -0.1) is 0 Å². The van der Waals surface area contributed by atoms with Crippen molar-refractivity contribution in [3.8, 4) is 0 Å². The van der Waals surface area contributed by atoms with Crippen molar-refractivity contribution in [3.63, 3.8) is 0 Å². The van der Waals surface area contributed by atoms with Gasteiger partial charge in [-0.1, -0.05) is 54.6 Å². The van der Waals surface area contributed by atoms with Gasteiger partial charge in [0, 0.05) is 13.1 Å². The predicted molar refractivity (Wildman–Crippen MR) is 181 cm³/mol. The molecule has 0 saturated carbocycles. The van der Waals surface area contributed by atoms with Gasteiger partial charge in [0.25, 0.3) is 37.6 Å². The molecule has 0 aliphatic carbocycles. The summed E-state index contributed by atoms with van der Waals surface area (Å²) in [6, 6.07) is 11.0. The quantitative estimate of drug-likeness (QED) is 0.0309. The molecule has 2 heterocycles. The van der Waals surface area contributed by atoms with Crippen LogP contribution >= 0.6 is 0 Å². The number of nitrogens with one attached hydrogen (secondary N) is 3. The predicted octanol–water partition coefficient (Wildman–Crippen LogP) is -0.266. The molecule has 0 radical (unpaired) electrons. The second kappa shape index (κ2) is 17.2. The van der Waals surface area contributed by atoms with Gasteiger partial charge in [-0.2, -0.15) is 27.4 Å². The summed E-state index contributed by atoms with van der Waals surface area (Å²) in [6.07, 6.45) is 6.91. The Balaban J connectivity index is 1.62. The Kier molecular flexibility index (Phi) is 13.1. The first-order chi connectivity index (χ1) is 24.3. The first-order valence-electron chi connectivity index (χ1n) is 15.0. The summed E-state index contributed by atoms with van der Waals surface area (Å²) in [4.78, 5) is 44.0. The normalized spacial score (nSPS) is 14.7. The average molecular weight is 747 g/mol. The molecular formula is C31H34N6O12S2. The van der Waals surface area contributed by atoms with Crippen LogP contribution in [0.15, 0.2) is 98.1 Å². The van der Waals surface area contributed by atoms with E-state index < -0.39 is 49.1 Å². The lowest BCUT2D eigenvalue weighted by Crippen LogP contribution is -2.33. The molecule has 1 aromatic heterocycles. The molecule has 0 saturated heterocycles. The van der Waals surface area contributed by atoms with Crippen LogP contribution in [0.25, 0.3) is 6.08 Å². The van der Waals surface area contributed by atoms with Gasteiger partial charge >= 0.3 is 0 Å². The lowest BCUT2D eigenvalue weighted by Gasteiger charge is -2.13. The van der Waals surface area contributed by atoms with Crippen LogP contribution in [0.3, 0.4) is 0 Å². The molecule has 0 atom stereocenters. The molecule has 2 aromatic carbocycles. The van der Waals surface area contributed by atoms with Crippen molar-refractivity contribution >= 4 is 43.8 Å². The number of rotatable bonds is 17. The molecule has 0 unspecified atom stereocenters. The van der Waals surface area contributed by atoms with Gasteiger partial charge in [0.1, 0.15) is 6.61 Å². The molecule has 18 nitrogen and oxygen atoms in total. The van der Waals surface area contributed by atoms with Crippen molar-refractivity contribution in [2.75, 3.05) is 26.3 Å². The van der Waals surface area contributed by atoms with E-state index in [1.807, 2.05) is 0 Å². The zero-order valence-electron chi connectivity index (χ0n) is 26.7. The lowest BCUT2D eigenvalue weighted by atomic mass is 10.1. The minimum absolute atomic E-state index is 0.0388. The van der Waals surface area contributed by atoms with Gasteiger partial charge in [0.2, 0.25) is 0 Å². The van der Waals surface area contributed by atoms with E-state index in [0.29, 0.717) is 0 Å². The summed E-state index contributed by atoms with van der Waals surface area (Å²) in [5.41, 5.74) is 1.98. The number of carbonyl (C=O) groups is 2. The molecule has 3 aromatic rings. The molecule has 1 aliphatic rings. The summed E-state index contributed by atoms with van der Waals surface area (Å²) >= 11 is 0. The van der Waals surface area contributed by atoms with E-state index in [-0.39, 0.29) is 78.0 Å². The maximum absolute atomic E-state index is 13.4. The molecule has 0 bridgehead atoms. The van der Waals surface area contributed by atoms with E-state index in [2.05, 4.69) is 21.0 Å². The molecular weight excluding hydrogens is 713 g/mol. The Morgan fingerprint density at radius 3 is 2.08 bits per heavy atom. The fourth-order valence-electron chi connectivity index (χ4n) is 4.79. The number of aromatic nitrogens is 2. The minimum Gasteiger partial charge on any atom is -0.395 e. The third-order valence-electron chi connectivity index (χ3n) is 7.05. The molecule has 4 rings (SSSR count). The van der Waals surface area contributed by atoms with Gasteiger partial charge in [-0.05, 0) is 35.4 Å². The number of aliphatic hydroxyl groups is 2. The lowest BCUT2D eigenvalue weighted by molar-refractivity contribution is -0.126. The van der Waals surface area contributed by atoms with E-state index in [1.54, 1.807) is 6.07 Å². The number of allylic oxidation sites excluding steroid dienone is 4. The summed E-state index contributed by atoms with van der Waals surface area (Å²) in [6.45, 7) is -1.48. The van der Waals surface area contributed by atoms with Crippen molar-refractivity contribution in [1.82, 2.24) is 25.6 Å². The molecule has 1 aliphatic heterocycles. The molecule has 2 amide bonds. The standard InChI is InChI=1S/C31H34N6O12S2/c38-16-14-32-29(40)28-24(31(42)37(35-28)19-22-9-5-7-13-27(22)51(46,47)48)11-3-1-2-10-23-25(20-49-33-15-17-39)34-36(30(23)41)18-21-8-4-6-12-26(21)50(43,44)45/h1-13,33-34,38-39H,14-20H2,(H,32,40)(H,43,44,45)(H,46,47,48)/b3-1-,10-2+,24-11+. The van der Waals surface area contributed by atoms with Crippen LogP contribution in [-0.2, 0) is 54.4 Å². The number of hydroxylamine groups is 1. The van der Waals surface area contributed by atoms with Crippen molar-refractivity contribution in [1.29, 1.82) is 0 Å². The highest BCUT2D eigenvalue weighted by Crippen LogP contribution is 2.23. The topological polar surface area (TPSA) is 270 Å². The molecule has 272 valence electrons. The van der Waals surface area contributed by atoms with Crippen LogP contribution < -0.4 is 16.4 Å². The number of aromatic amines is 1. The van der Waals surface area contributed by atoms with Gasteiger partial charge in [0.05, 0.1) is 52.9 Å². The van der Waals surface area contributed by atoms with Gasteiger partial charge < -0.3 is 15.5 Å². The van der Waals surface area contributed by atoms with Crippen molar-refractivity contribution in [2.24, 2.45) is 5.10 Å². The number of hydrazone groups is 1. The monoisotopic (exact) mass is 746 g/mol. The largest absolute Gasteiger partial charge is 0.395 e. The van der Waals surface area contributed by atoms with E-state index in [4.69, 9.17) is 15.1 Å². The number of benzene rings is 2. The van der Waals surface area contributed by atoms with Crippen molar-refractivity contribution in [3.05, 3.63) is 111 Å². The second-order valence-electron chi connectivity index (χ2n) is 10.6. The Hall–Kier alpha value is -5.06. The number of hydrogen-bond acceptors (Lipinski definition) is 12. The maximum Gasteiger partial charge on any atom is 0.294 e. The number of H-pyrrole nitrogens is 1. The Labute approximate surface area is 291 Å². The fraction of sp³-hybridized carbons (Fsp3) is 0.226. The summed E-state index contributed by atoms with van der Waals surface area (Å²) < 4.78 is 67.8. The highest BCUT2D eigenvalue weighted by Gasteiger charge is 2.34. The maximum atomic E-state index is 13.4. The van der Waals surface area contributed by atoms with E-state index in [0.717, 1.165) is 15.8 Å². The number of carbonyl (C=O) groups excluding carboxylic acids is 2. The highest BCUT2D eigenvalue weighted by atomic mass is 32.2. The van der Waals surface area contributed by atoms with Crippen molar-refractivity contribution < 1.29 is 50.6 Å². The third kappa shape index (κ3) is 10.0. The van der Waals surface area contributed by atoms with Crippen LogP contribution in [0.1, 0.15) is 22.4 Å². The van der Waals surface area contributed by atoms with Crippen LogP contribution in [0, 0.1) is 0 Å². The zero-order valence-corrected chi connectivity index (χ0v) is 28.3. The van der Waals surface area contributed by atoms with Crippen LogP contribution in [0.2, 0.25) is 0 Å². The van der Waals surface area contributed by atoms with Gasteiger partial charge in [-0.25, -0.2) is 9.69 Å². The fourth-order valence-corrected chi connectivity index (χ4v) is 6.22. The first-order valence-corrected chi connectivity index (χ1v) is 17.9. The van der Waals surface area contributed by atoms with Crippen LogP contribution in [-0.4, -0.2) is 94.8 Å². The zero-order chi connectivity index (χ0) is 37.2. The Morgan fingerprint density at radius 1 is 0.863 bits per heavy atom. The summed E-state index contributed by atoms with van der Waals surface area (Å²) in [5, 5.41) is 28.3. The average Bonchev–Trinajstić information content (AvgIpc) is 3.55. The Morgan fingerprint density at radius 2 is 1.47 bits per heavy atom. The number of aliphatic hydroxyl groups excluding tert-OH is 2. The second-order valence-corrected chi connectivity index (χ2v) is 13.4. The SMILES string of the molecule is O=C(NCCO)C1=NN(Cc2ccccc2S(=O)(=O)O)C(=O)/C1=C/C=C\C=C\c1c(CONCCO)[nH]n(Cc2ccccc2S(=O)(=O)O)c1=O. The summed E-state index contributed by atoms with van der Waals surface area (Å²) in [5.74, 6) is -1.56. The highest BCUT2D eigenvalue weighted by molar-refractivity contribution is 7.86. The minimum atomic E-state index is -4.64. The van der Waals surface area contributed by atoms with E-state index >= 15 is 0 Å². The van der Waals surface area contributed by atoms with Gasteiger partial charge in [0.15, 0.2) is 5.71 Å². The molecule has 0 spiro atoms.